The first-order chi connectivity index (χ1) is 4.34. The number of hydrogen-bond donors (Lipinski definition) is 0. The summed E-state index contributed by atoms with van der Waals surface area (Å²) < 4.78 is 1.04. The largest absolute Gasteiger partial charge is 0.347 e. The van der Waals surface area contributed by atoms with Crippen LogP contribution in [0.25, 0.3) is 0 Å². The molecule has 0 atom stereocenters. The number of hydrogen-bond acceptors (Lipinski definition) is 3. The van der Waals surface area contributed by atoms with Crippen molar-refractivity contribution in [2.24, 2.45) is 0 Å². The SMILES string of the molecule is CSC(=S)N1CCSC1. The molecule has 0 aliphatic carbocycles. The van der Waals surface area contributed by atoms with Crippen molar-refractivity contribution in [2.75, 3.05) is 24.4 Å². The van der Waals surface area contributed by atoms with Gasteiger partial charge in [0.15, 0.2) is 0 Å². The highest BCUT2D eigenvalue weighted by Crippen LogP contribution is 2.17. The van der Waals surface area contributed by atoms with E-state index in [-0.39, 0.29) is 0 Å². The lowest BCUT2D eigenvalue weighted by molar-refractivity contribution is 0.563. The van der Waals surface area contributed by atoms with Crippen LogP contribution in [0.5, 0.6) is 0 Å². The number of thioether (sulfide) groups is 2. The molecule has 1 rings (SSSR count). The Labute approximate surface area is 69.6 Å². The van der Waals surface area contributed by atoms with Crippen molar-refractivity contribution in [3.05, 3.63) is 0 Å². The minimum absolute atomic E-state index is 1.04. The van der Waals surface area contributed by atoms with Gasteiger partial charge in [0.1, 0.15) is 4.32 Å². The van der Waals surface area contributed by atoms with Crippen LogP contribution >= 0.6 is 35.7 Å². The number of rotatable bonds is 0. The number of nitrogens with zero attached hydrogens (tertiary/aromatic N) is 1. The Bertz CT molecular complexity index is 109. The lowest BCUT2D eigenvalue weighted by Gasteiger charge is -2.14. The molecule has 1 heterocycles. The van der Waals surface area contributed by atoms with Crippen LogP contribution in [0.1, 0.15) is 0 Å². The van der Waals surface area contributed by atoms with Gasteiger partial charge in [0, 0.05) is 12.3 Å². The van der Waals surface area contributed by atoms with E-state index in [2.05, 4.69) is 4.90 Å². The quantitative estimate of drug-likeness (QED) is 0.520. The Morgan fingerprint density at radius 3 is 3.00 bits per heavy atom. The Kier molecular flexibility index (Phi) is 3.15. The van der Waals surface area contributed by atoms with Crippen LogP contribution in [0.4, 0.5) is 0 Å². The van der Waals surface area contributed by atoms with Crippen molar-refractivity contribution in [2.45, 2.75) is 0 Å². The molecule has 0 spiro atoms. The van der Waals surface area contributed by atoms with Crippen LogP contribution in [-0.4, -0.2) is 33.7 Å². The van der Waals surface area contributed by atoms with Gasteiger partial charge in [-0.2, -0.15) is 0 Å². The molecule has 52 valence electrons. The van der Waals surface area contributed by atoms with Gasteiger partial charge in [-0.1, -0.05) is 12.2 Å². The zero-order valence-corrected chi connectivity index (χ0v) is 7.74. The molecule has 1 fully saturated rings. The van der Waals surface area contributed by atoms with Crippen LogP contribution < -0.4 is 0 Å². The van der Waals surface area contributed by atoms with Crippen molar-refractivity contribution in [1.29, 1.82) is 0 Å². The van der Waals surface area contributed by atoms with E-state index in [1.807, 2.05) is 18.0 Å². The van der Waals surface area contributed by atoms with E-state index in [0.29, 0.717) is 0 Å². The molecule has 1 nitrogen and oxygen atoms in total. The van der Waals surface area contributed by atoms with Gasteiger partial charge in [0.25, 0.3) is 0 Å². The van der Waals surface area contributed by atoms with E-state index >= 15 is 0 Å². The Balaban J connectivity index is 2.32. The van der Waals surface area contributed by atoms with Gasteiger partial charge in [-0.25, -0.2) is 0 Å². The van der Waals surface area contributed by atoms with Crippen LogP contribution in [-0.2, 0) is 0 Å². The fraction of sp³-hybridized carbons (Fsp3) is 0.800. The maximum atomic E-state index is 5.09. The Morgan fingerprint density at radius 2 is 2.56 bits per heavy atom. The highest BCUT2D eigenvalue weighted by molar-refractivity contribution is 8.22. The molecule has 0 aromatic rings. The van der Waals surface area contributed by atoms with E-state index in [0.717, 1.165) is 16.7 Å². The van der Waals surface area contributed by atoms with Crippen LogP contribution in [0, 0.1) is 0 Å². The molecule has 1 aliphatic heterocycles. The molecule has 0 aromatic carbocycles. The molecule has 0 aromatic heterocycles. The van der Waals surface area contributed by atoms with Crippen LogP contribution in [0.15, 0.2) is 0 Å². The molecule has 1 saturated heterocycles. The van der Waals surface area contributed by atoms with Crippen molar-refractivity contribution in [1.82, 2.24) is 4.90 Å². The predicted molar refractivity (Wildman–Crippen MR) is 50.1 cm³/mol. The van der Waals surface area contributed by atoms with Crippen molar-refractivity contribution in [3.63, 3.8) is 0 Å². The third kappa shape index (κ3) is 2.02. The summed E-state index contributed by atoms with van der Waals surface area (Å²) in [4.78, 5) is 2.24. The molecule has 0 amide bonds. The standard InChI is InChI=1S/C5H9NS3/c1-8-5(7)6-2-3-9-4-6/h2-4H2,1H3. The third-order valence-corrected chi connectivity index (χ3v) is 3.52. The first-order valence-electron chi connectivity index (χ1n) is 2.75. The number of thiocarbonyl (C=S) groups is 1. The maximum Gasteiger partial charge on any atom is 0.136 e. The summed E-state index contributed by atoms with van der Waals surface area (Å²) in [7, 11) is 0. The lowest BCUT2D eigenvalue weighted by Crippen LogP contribution is -2.22. The summed E-state index contributed by atoms with van der Waals surface area (Å²) in [6.07, 6.45) is 2.03. The van der Waals surface area contributed by atoms with Gasteiger partial charge < -0.3 is 4.90 Å². The molecule has 0 bridgehead atoms. The minimum Gasteiger partial charge on any atom is -0.347 e. The highest BCUT2D eigenvalue weighted by atomic mass is 32.2. The minimum atomic E-state index is 1.04. The summed E-state index contributed by atoms with van der Waals surface area (Å²) in [5.74, 6) is 2.33. The summed E-state index contributed by atoms with van der Waals surface area (Å²) >= 11 is 8.71. The second-order valence-electron chi connectivity index (χ2n) is 1.77. The van der Waals surface area contributed by atoms with Gasteiger partial charge in [-0.05, 0) is 6.26 Å². The molecule has 9 heavy (non-hydrogen) atoms. The van der Waals surface area contributed by atoms with E-state index in [4.69, 9.17) is 12.2 Å². The second kappa shape index (κ2) is 3.68. The van der Waals surface area contributed by atoms with Gasteiger partial charge >= 0.3 is 0 Å². The summed E-state index contributed by atoms with van der Waals surface area (Å²) in [6.45, 7) is 1.14. The Hall–Kier alpha value is 0.590. The van der Waals surface area contributed by atoms with Crippen molar-refractivity contribution in [3.8, 4) is 0 Å². The lowest BCUT2D eigenvalue weighted by atomic mass is 10.7. The summed E-state index contributed by atoms with van der Waals surface area (Å²) in [5.41, 5.74) is 0. The van der Waals surface area contributed by atoms with Crippen LogP contribution in [0.2, 0.25) is 0 Å². The topological polar surface area (TPSA) is 3.24 Å². The molecular formula is C5H9NS3. The molecule has 0 unspecified atom stereocenters. The predicted octanol–water partition coefficient (Wildman–Crippen LogP) is 1.64. The molecule has 1 aliphatic rings. The normalized spacial score (nSPS) is 18.6. The van der Waals surface area contributed by atoms with Crippen LogP contribution in [0.3, 0.4) is 0 Å². The van der Waals surface area contributed by atoms with Gasteiger partial charge in [-0.3, -0.25) is 0 Å². The monoisotopic (exact) mass is 179 g/mol. The van der Waals surface area contributed by atoms with E-state index in [1.54, 1.807) is 11.8 Å². The molecular weight excluding hydrogens is 170 g/mol. The smallest absolute Gasteiger partial charge is 0.136 e. The first kappa shape index (κ1) is 7.69. The average Bonchev–Trinajstić information content (AvgIpc) is 2.37. The van der Waals surface area contributed by atoms with E-state index in [1.165, 1.54) is 5.75 Å². The maximum absolute atomic E-state index is 5.09. The summed E-state index contributed by atoms with van der Waals surface area (Å²) in [5, 5.41) is 0. The highest BCUT2D eigenvalue weighted by Gasteiger charge is 2.13. The third-order valence-electron chi connectivity index (χ3n) is 1.19. The van der Waals surface area contributed by atoms with E-state index in [9.17, 15) is 0 Å². The fourth-order valence-electron chi connectivity index (χ4n) is 0.687. The van der Waals surface area contributed by atoms with Gasteiger partial charge in [0.05, 0.1) is 5.88 Å². The molecule has 0 N–H and O–H groups in total. The Morgan fingerprint density at radius 1 is 1.78 bits per heavy atom. The van der Waals surface area contributed by atoms with E-state index < -0.39 is 0 Å². The van der Waals surface area contributed by atoms with Crippen molar-refractivity contribution < 1.29 is 0 Å². The molecule has 4 heteroatoms. The van der Waals surface area contributed by atoms with Gasteiger partial charge in [-0.15, -0.1) is 23.5 Å². The second-order valence-corrected chi connectivity index (χ2v) is 4.29. The first-order valence-corrected chi connectivity index (χ1v) is 5.54. The zero-order valence-electron chi connectivity index (χ0n) is 5.29. The fourth-order valence-corrected chi connectivity index (χ4v) is 2.38. The van der Waals surface area contributed by atoms with Gasteiger partial charge in [0.2, 0.25) is 0 Å². The average molecular weight is 179 g/mol. The van der Waals surface area contributed by atoms with Crippen molar-refractivity contribution >= 4 is 40.1 Å². The molecule has 0 saturated carbocycles. The summed E-state index contributed by atoms with van der Waals surface area (Å²) in [6, 6.07) is 0. The zero-order chi connectivity index (χ0) is 6.69. The molecule has 0 radical (unpaired) electrons.